The Kier molecular flexibility index (Phi) is 6.03. The highest BCUT2D eigenvalue weighted by molar-refractivity contribution is 7.89. The quantitative estimate of drug-likeness (QED) is 0.451. The van der Waals surface area contributed by atoms with Crippen LogP contribution in [0.5, 0.6) is 0 Å². The largest absolute Gasteiger partial charge is 0.395 e. The number of amides is 1. The lowest BCUT2D eigenvalue weighted by Gasteiger charge is -2.17. The van der Waals surface area contributed by atoms with Gasteiger partial charge in [-0.05, 0) is 38.0 Å². The van der Waals surface area contributed by atoms with Crippen LogP contribution in [0.15, 0.2) is 29.2 Å². The van der Waals surface area contributed by atoms with Gasteiger partial charge in [-0.1, -0.05) is 17.7 Å². The molecule has 1 aliphatic rings. The second-order valence-corrected chi connectivity index (χ2v) is 9.66. The predicted octanol–water partition coefficient (Wildman–Crippen LogP) is 4.94. The van der Waals surface area contributed by atoms with E-state index < -0.39 is 72.9 Å². The number of hydrogen-bond donors (Lipinski definition) is 2. The molecule has 0 aliphatic heterocycles. The average molecular weight is 501 g/mol. The normalized spacial score (nSPS) is 20.8. The summed E-state index contributed by atoms with van der Waals surface area (Å²) in [6, 6.07) is 1.85. The van der Waals surface area contributed by atoms with Gasteiger partial charge in [0.1, 0.15) is 4.90 Å². The van der Waals surface area contributed by atoms with Crippen molar-refractivity contribution in [3.05, 3.63) is 57.9 Å². The van der Waals surface area contributed by atoms with Crippen LogP contribution >= 0.6 is 11.6 Å². The molecule has 2 unspecified atom stereocenters. The summed E-state index contributed by atoms with van der Waals surface area (Å²) in [4.78, 5) is 11.5. The first kappa shape index (κ1) is 24.3. The summed E-state index contributed by atoms with van der Waals surface area (Å²) in [5.41, 5.74) is -3.38. The SMILES string of the molecule is Cc1ccc(S(=O)(=O)NC2CC2(C)C(F)(F)F)c(F)c1C(=O)Nc1cc(F)c(F)c(Cl)c1. The molecular weight excluding hydrogens is 486 g/mol. The minimum absolute atomic E-state index is 0.0146. The van der Waals surface area contributed by atoms with E-state index in [1.54, 1.807) is 0 Å². The third kappa shape index (κ3) is 4.30. The summed E-state index contributed by atoms with van der Waals surface area (Å²) in [6.07, 6.45) is -5.18. The van der Waals surface area contributed by atoms with Crippen LogP contribution in [-0.4, -0.2) is 26.5 Å². The molecule has 2 N–H and O–H groups in total. The number of benzene rings is 2. The van der Waals surface area contributed by atoms with Gasteiger partial charge < -0.3 is 5.32 Å². The van der Waals surface area contributed by atoms with E-state index in [2.05, 4.69) is 5.32 Å². The first-order valence-corrected chi connectivity index (χ1v) is 10.8. The van der Waals surface area contributed by atoms with Gasteiger partial charge in [-0.2, -0.15) is 13.2 Å². The number of sulfonamides is 1. The van der Waals surface area contributed by atoms with Crippen LogP contribution in [0.25, 0.3) is 0 Å². The maximum Gasteiger partial charge on any atom is 0.395 e. The van der Waals surface area contributed by atoms with Crippen LogP contribution in [-0.2, 0) is 10.0 Å². The Morgan fingerprint density at radius 1 is 1.16 bits per heavy atom. The number of nitrogens with one attached hydrogen (secondary N) is 2. The summed E-state index contributed by atoms with van der Waals surface area (Å²) in [5.74, 6) is -5.47. The second kappa shape index (κ2) is 7.92. The van der Waals surface area contributed by atoms with Crippen LogP contribution in [0, 0.1) is 29.8 Å². The maximum absolute atomic E-state index is 15.0. The van der Waals surface area contributed by atoms with Crippen LogP contribution in [0.2, 0.25) is 5.02 Å². The lowest BCUT2D eigenvalue weighted by molar-refractivity contribution is -0.183. The van der Waals surface area contributed by atoms with E-state index in [-0.39, 0.29) is 11.3 Å². The first-order chi connectivity index (χ1) is 14.6. The zero-order chi connectivity index (χ0) is 24.2. The number of hydrogen-bond acceptors (Lipinski definition) is 3. The summed E-state index contributed by atoms with van der Waals surface area (Å²) in [6.45, 7) is 2.11. The van der Waals surface area contributed by atoms with Crippen LogP contribution in [0.3, 0.4) is 0 Å². The van der Waals surface area contributed by atoms with Gasteiger partial charge in [0, 0.05) is 17.8 Å². The average Bonchev–Trinajstić information content (AvgIpc) is 3.29. The minimum Gasteiger partial charge on any atom is -0.322 e. The van der Waals surface area contributed by atoms with Crippen molar-refractivity contribution in [2.75, 3.05) is 5.32 Å². The molecule has 2 aromatic rings. The summed E-state index contributed by atoms with van der Waals surface area (Å²) >= 11 is 5.50. The molecule has 5 nitrogen and oxygen atoms in total. The fraction of sp³-hybridized carbons (Fsp3) is 0.316. The van der Waals surface area contributed by atoms with Crippen molar-refractivity contribution in [3.63, 3.8) is 0 Å². The van der Waals surface area contributed by atoms with E-state index in [1.807, 2.05) is 4.72 Å². The molecule has 0 spiro atoms. The lowest BCUT2D eigenvalue weighted by atomic mass is 10.1. The zero-order valence-electron chi connectivity index (χ0n) is 16.4. The van der Waals surface area contributed by atoms with Crippen molar-refractivity contribution in [2.45, 2.75) is 37.4 Å². The maximum atomic E-state index is 15.0. The van der Waals surface area contributed by atoms with E-state index in [4.69, 9.17) is 11.6 Å². The van der Waals surface area contributed by atoms with Crippen molar-refractivity contribution in [1.29, 1.82) is 0 Å². The zero-order valence-corrected chi connectivity index (χ0v) is 17.9. The molecule has 0 saturated heterocycles. The monoisotopic (exact) mass is 500 g/mol. The molecule has 0 heterocycles. The van der Waals surface area contributed by atoms with Gasteiger partial charge in [0.2, 0.25) is 10.0 Å². The van der Waals surface area contributed by atoms with Gasteiger partial charge in [0.25, 0.3) is 5.91 Å². The molecule has 1 amide bonds. The van der Waals surface area contributed by atoms with Crippen molar-refractivity contribution >= 4 is 33.2 Å². The Hall–Kier alpha value is -2.31. The Labute approximate surface area is 183 Å². The Morgan fingerprint density at radius 2 is 1.78 bits per heavy atom. The van der Waals surface area contributed by atoms with Crippen molar-refractivity contribution < 1.29 is 39.6 Å². The first-order valence-electron chi connectivity index (χ1n) is 8.92. The number of carbonyl (C=O) groups is 1. The fourth-order valence-electron chi connectivity index (χ4n) is 3.06. The Morgan fingerprint density at radius 3 is 2.31 bits per heavy atom. The molecule has 0 aromatic heterocycles. The molecule has 1 aliphatic carbocycles. The molecule has 32 heavy (non-hydrogen) atoms. The fourth-order valence-corrected chi connectivity index (χ4v) is 4.70. The van der Waals surface area contributed by atoms with Gasteiger partial charge in [-0.15, -0.1) is 0 Å². The van der Waals surface area contributed by atoms with Crippen molar-refractivity contribution in [2.24, 2.45) is 5.41 Å². The Bertz CT molecular complexity index is 1200. The number of anilines is 1. The van der Waals surface area contributed by atoms with E-state index in [9.17, 15) is 35.2 Å². The molecule has 0 radical (unpaired) electrons. The van der Waals surface area contributed by atoms with Gasteiger partial charge >= 0.3 is 6.18 Å². The summed E-state index contributed by atoms with van der Waals surface area (Å²) < 4.78 is 108. The molecule has 2 aromatic carbocycles. The van der Waals surface area contributed by atoms with E-state index in [0.29, 0.717) is 6.07 Å². The second-order valence-electron chi connectivity index (χ2n) is 7.57. The molecule has 13 heteroatoms. The van der Waals surface area contributed by atoms with E-state index in [1.165, 1.54) is 6.92 Å². The van der Waals surface area contributed by atoms with Gasteiger partial charge in [0.05, 0.1) is 16.0 Å². The predicted molar refractivity (Wildman–Crippen MR) is 103 cm³/mol. The molecular formula is C19H15ClF6N2O3S. The van der Waals surface area contributed by atoms with E-state index in [0.717, 1.165) is 25.1 Å². The van der Waals surface area contributed by atoms with Gasteiger partial charge in [-0.25, -0.2) is 26.3 Å². The van der Waals surface area contributed by atoms with E-state index >= 15 is 4.39 Å². The van der Waals surface area contributed by atoms with Crippen LogP contribution in [0.4, 0.5) is 32.0 Å². The lowest BCUT2D eigenvalue weighted by Crippen LogP contribution is -2.35. The number of carbonyl (C=O) groups excluding carboxylic acids is 1. The number of aryl methyl sites for hydroxylation is 1. The van der Waals surface area contributed by atoms with Gasteiger partial charge in [-0.3, -0.25) is 4.79 Å². The third-order valence-electron chi connectivity index (χ3n) is 5.26. The summed E-state index contributed by atoms with van der Waals surface area (Å²) in [7, 11) is -4.76. The Balaban J connectivity index is 1.91. The highest BCUT2D eigenvalue weighted by atomic mass is 35.5. The number of alkyl halides is 3. The molecule has 1 fully saturated rings. The number of halogens is 7. The smallest absolute Gasteiger partial charge is 0.322 e. The minimum atomic E-state index is -4.76. The summed E-state index contributed by atoms with van der Waals surface area (Å²) in [5, 5.41) is 1.42. The highest BCUT2D eigenvalue weighted by Crippen LogP contribution is 2.57. The molecule has 1 saturated carbocycles. The molecule has 0 bridgehead atoms. The number of rotatable bonds is 5. The molecule has 3 rings (SSSR count). The van der Waals surface area contributed by atoms with Crippen LogP contribution < -0.4 is 10.0 Å². The standard InChI is InChI=1S/C19H15ClF6N2O3S/c1-8-3-4-12(32(30,31)28-13-7-18(13,2)19(24,25)26)16(23)14(8)17(29)27-9-5-10(20)15(22)11(21)6-9/h3-6,13,28H,7H2,1-2H3,(H,27,29). The highest BCUT2D eigenvalue weighted by Gasteiger charge is 2.68. The van der Waals surface area contributed by atoms with Crippen molar-refractivity contribution in [3.8, 4) is 0 Å². The van der Waals surface area contributed by atoms with Crippen LogP contribution in [0.1, 0.15) is 29.3 Å². The topological polar surface area (TPSA) is 75.3 Å². The molecule has 2 atom stereocenters. The van der Waals surface area contributed by atoms with Gasteiger partial charge in [0.15, 0.2) is 17.5 Å². The third-order valence-corrected chi connectivity index (χ3v) is 7.02. The van der Waals surface area contributed by atoms with Crippen molar-refractivity contribution in [1.82, 2.24) is 4.72 Å². The molecule has 174 valence electrons.